The van der Waals surface area contributed by atoms with E-state index in [0.29, 0.717) is 12.1 Å². The molecular formula is C28H30FN3O4. The minimum Gasteiger partial charge on any atom is -0.354 e. The lowest BCUT2D eigenvalue weighted by Gasteiger charge is -2.31. The highest BCUT2D eigenvalue weighted by Crippen LogP contribution is 2.22. The van der Waals surface area contributed by atoms with Gasteiger partial charge in [0.05, 0.1) is 11.3 Å². The van der Waals surface area contributed by atoms with Gasteiger partial charge in [0, 0.05) is 31.1 Å². The van der Waals surface area contributed by atoms with Gasteiger partial charge in [-0.2, -0.15) is 0 Å². The number of carbonyl (C=O) groups excluding carboxylic acids is 2. The molecule has 0 aliphatic carbocycles. The first kappa shape index (κ1) is 26.5. The number of nitro benzene ring substituents is 1. The average molecular weight is 492 g/mol. The summed E-state index contributed by atoms with van der Waals surface area (Å²) in [5.41, 5.74) is 1.63. The molecule has 0 unspecified atom stereocenters. The second kappa shape index (κ2) is 13.1. The molecule has 8 heteroatoms. The molecule has 0 bridgehead atoms. The quantitative estimate of drug-likeness (QED) is 0.223. The van der Waals surface area contributed by atoms with E-state index in [-0.39, 0.29) is 36.5 Å². The molecule has 36 heavy (non-hydrogen) atoms. The topological polar surface area (TPSA) is 92.6 Å². The summed E-state index contributed by atoms with van der Waals surface area (Å²) in [4.78, 5) is 39.5. The summed E-state index contributed by atoms with van der Waals surface area (Å²) in [7, 11) is 0. The van der Waals surface area contributed by atoms with Crippen molar-refractivity contribution < 1.29 is 18.9 Å². The number of halogens is 1. The van der Waals surface area contributed by atoms with Crippen molar-refractivity contribution in [2.24, 2.45) is 0 Å². The summed E-state index contributed by atoms with van der Waals surface area (Å²) in [6, 6.07) is 20.3. The highest BCUT2D eigenvalue weighted by atomic mass is 19.1. The number of unbranched alkanes of at least 4 members (excludes halogenated alkanes) is 1. The van der Waals surface area contributed by atoms with Gasteiger partial charge < -0.3 is 10.2 Å². The van der Waals surface area contributed by atoms with Crippen LogP contribution in [0, 0.1) is 15.9 Å². The Hall–Kier alpha value is -4.07. The number of amides is 2. The van der Waals surface area contributed by atoms with Gasteiger partial charge in [-0.05, 0) is 29.7 Å². The van der Waals surface area contributed by atoms with Crippen LogP contribution in [0.2, 0.25) is 0 Å². The second-order valence-corrected chi connectivity index (χ2v) is 8.56. The number of benzene rings is 3. The van der Waals surface area contributed by atoms with E-state index in [0.717, 1.165) is 18.4 Å². The third kappa shape index (κ3) is 7.46. The lowest BCUT2D eigenvalue weighted by molar-refractivity contribution is -0.385. The van der Waals surface area contributed by atoms with E-state index >= 15 is 0 Å². The fourth-order valence-corrected chi connectivity index (χ4v) is 3.95. The van der Waals surface area contributed by atoms with E-state index in [4.69, 9.17) is 0 Å². The van der Waals surface area contributed by atoms with Gasteiger partial charge >= 0.3 is 0 Å². The van der Waals surface area contributed by atoms with E-state index in [9.17, 15) is 24.1 Å². The van der Waals surface area contributed by atoms with E-state index in [1.807, 2.05) is 37.3 Å². The molecule has 1 atom stereocenters. The Morgan fingerprint density at radius 1 is 0.972 bits per heavy atom. The van der Waals surface area contributed by atoms with Gasteiger partial charge in [-0.25, -0.2) is 4.39 Å². The highest BCUT2D eigenvalue weighted by Gasteiger charge is 2.31. The Labute approximate surface area is 210 Å². The molecule has 3 rings (SSSR count). The first-order valence-corrected chi connectivity index (χ1v) is 12.0. The maximum absolute atomic E-state index is 13.7. The molecule has 0 radical (unpaired) electrons. The van der Waals surface area contributed by atoms with Crippen LogP contribution in [0.3, 0.4) is 0 Å². The number of nitrogens with one attached hydrogen (secondary N) is 1. The van der Waals surface area contributed by atoms with Crippen molar-refractivity contribution in [1.82, 2.24) is 10.2 Å². The molecule has 0 saturated carbocycles. The van der Waals surface area contributed by atoms with Gasteiger partial charge in [-0.15, -0.1) is 0 Å². The van der Waals surface area contributed by atoms with Crippen molar-refractivity contribution in [2.45, 2.75) is 45.2 Å². The SMILES string of the molecule is CCCCNC(=O)[C@H](Cc1ccccc1)N(Cc1ccc(F)cc1)C(=O)Cc1ccccc1[N+](=O)[O-]. The zero-order valence-corrected chi connectivity index (χ0v) is 20.2. The molecule has 0 aliphatic rings. The minimum absolute atomic E-state index is 0.0540. The third-order valence-corrected chi connectivity index (χ3v) is 5.90. The minimum atomic E-state index is -0.857. The first-order chi connectivity index (χ1) is 17.4. The summed E-state index contributed by atoms with van der Waals surface area (Å²) < 4.78 is 13.5. The fourth-order valence-electron chi connectivity index (χ4n) is 3.95. The van der Waals surface area contributed by atoms with Crippen LogP contribution in [0.1, 0.15) is 36.5 Å². The number of nitrogens with zero attached hydrogens (tertiary/aromatic N) is 2. The van der Waals surface area contributed by atoms with Gasteiger partial charge in [-0.1, -0.05) is 74.0 Å². The van der Waals surface area contributed by atoms with Crippen LogP contribution in [0.5, 0.6) is 0 Å². The van der Waals surface area contributed by atoms with Crippen molar-refractivity contribution in [2.75, 3.05) is 6.54 Å². The first-order valence-electron chi connectivity index (χ1n) is 12.0. The Morgan fingerprint density at radius 3 is 2.31 bits per heavy atom. The van der Waals surface area contributed by atoms with Gasteiger partial charge in [0.1, 0.15) is 11.9 Å². The predicted molar refractivity (Wildman–Crippen MR) is 136 cm³/mol. The Kier molecular flexibility index (Phi) is 9.68. The number of rotatable bonds is 12. The number of para-hydroxylation sites is 1. The number of hydrogen-bond acceptors (Lipinski definition) is 4. The van der Waals surface area contributed by atoms with Crippen molar-refractivity contribution in [1.29, 1.82) is 0 Å². The van der Waals surface area contributed by atoms with Crippen molar-refractivity contribution >= 4 is 17.5 Å². The Morgan fingerprint density at radius 2 is 1.64 bits per heavy atom. The van der Waals surface area contributed by atoms with Crippen LogP contribution in [-0.4, -0.2) is 34.2 Å². The lowest BCUT2D eigenvalue weighted by Crippen LogP contribution is -2.51. The van der Waals surface area contributed by atoms with Crippen molar-refractivity contribution in [3.63, 3.8) is 0 Å². The molecule has 7 nitrogen and oxygen atoms in total. The maximum Gasteiger partial charge on any atom is 0.273 e. The fraction of sp³-hybridized carbons (Fsp3) is 0.286. The highest BCUT2D eigenvalue weighted by molar-refractivity contribution is 5.89. The van der Waals surface area contributed by atoms with Crippen LogP contribution in [0.25, 0.3) is 0 Å². The average Bonchev–Trinajstić information content (AvgIpc) is 2.88. The summed E-state index contributed by atoms with van der Waals surface area (Å²) in [6.07, 6.45) is 1.72. The molecular weight excluding hydrogens is 461 g/mol. The van der Waals surface area contributed by atoms with Crippen LogP contribution in [0.4, 0.5) is 10.1 Å². The molecule has 0 spiro atoms. The van der Waals surface area contributed by atoms with Gasteiger partial charge in [-0.3, -0.25) is 19.7 Å². The van der Waals surface area contributed by atoms with Gasteiger partial charge in [0.2, 0.25) is 11.8 Å². The Bertz CT molecular complexity index is 1170. The summed E-state index contributed by atoms with van der Waals surface area (Å²) in [5, 5.41) is 14.4. The molecule has 0 heterocycles. The normalized spacial score (nSPS) is 11.5. The molecule has 2 amide bonds. The van der Waals surface area contributed by atoms with Gasteiger partial charge in [0.15, 0.2) is 0 Å². The van der Waals surface area contributed by atoms with E-state index in [2.05, 4.69) is 5.32 Å². The summed E-state index contributed by atoms with van der Waals surface area (Å²) in [6.45, 7) is 2.55. The van der Waals surface area contributed by atoms with Crippen LogP contribution < -0.4 is 5.32 Å². The number of nitro groups is 1. The smallest absolute Gasteiger partial charge is 0.273 e. The Balaban J connectivity index is 1.98. The standard InChI is InChI=1S/C28H30FN3O4/c1-2-3-17-30-28(34)26(18-21-9-5-4-6-10-21)31(20-22-13-15-24(29)16-14-22)27(33)19-23-11-7-8-12-25(23)32(35)36/h4-16,26H,2-3,17-20H2,1H3,(H,30,34)/t26-/m0/s1. The van der Waals surface area contributed by atoms with Crippen LogP contribution in [-0.2, 0) is 29.0 Å². The van der Waals surface area contributed by atoms with Gasteiger partial charge in [0.25, 0.3) is 5.69 Å². The van der Waals surface area contributed by atoms with E-state index in [1.54, 1.807) is 30.3 Å². The molecule has 0 fully saturated rings. The third-order valence-electron chi connectivity index (χ3n) is 5.90. The largest absolute Gasteiger partial charge is 0.354 e. The molecule has 3 aromatic rings. The predicted octanol–water partition coefficient (Wildman–Crippen LogP) is 4.83. The molecule has 1 N–H and O–H groups in total. The lowest BCUT2D eigenvalue weighted by atomic mass is 10.0. The second-order valence-electron chi connectivity index (χ2n) is 8.56. The van der Waals surface area contributed by atoms with E-state index < -0.39 is 22.7 Å². The van der Waals surface area contributed by atoms with Crippen molar-refractivity contribution in [3.8, 4) is 0 Å². The van der Waals surface area contributed by atoms with Crippen LogP contribution in [0.15, 0.2) is 78.9 Å². The number of hydrogen-bond donors (Lipinski definition) is 1. The molecule has 0 aliphatic heterocycles. The van der Waals surface area contributed by atoms with E-state index in [1.165, 1.54) is 23.1 Å². The summed E-state index contributed by atoms with van der Waals surface area (Å²) >= 11 is 0. The zero-order valence-electron chi connectivity index (χ0n) is 20.2. The summed E-state index contributed by atoms with van der Waals surface area (Å²) in [5.74, 6) is -1.14. The molecule has 3 aromatic carbocycles. The molecule has 0 aromatic heterocycles. The molecule has 188 valence electrons. The maximum atomic E-state index is 13.7. The zero-order chi connectivity index (χ0) is 25.9. The molecule has 0 saturated heterocycles. The van der Waals surface area contributed by atoms with Crippen LogP contribution >= 0.6 is 0 Å². The van der Waals surface area contributed by atoms with Crippen molar-refractivity contribution in [3.05, 3.63) is 111 Å². The monoisotopic (exact) mass is 491 g/mol. The number of carbonyl (C=O) groups is 2.